The predicted octanol–water partition coefficient (Wildman–Crippen LogP) is 1.72. The van der Waals surface area contributed by atoms with Crippen molar-refractivity contribution in [1.29, 1.82) is 0 Å². The lowest BCUT2D eigenvalue weighted by Gasteiger charge is -2.10. The van der Waals surface area contributed by atoms with Crippen LogP contribution in [0.3, 0.4) is 0 Å². The summed E-state index contributed by atoms with van der Waals surface area (Å²) in [4.78, 5) is 8.91. The van der Waals surface area contributed by atoms with Crippen LogP contribution in [0.15, 0.2) is 12.4 Å². The molecule has 1 fully saturated rings. The van der Waals surface area contributed by atoms with Crippen LogP contribution in [0.4, 0.5) is 17.3 Å². The second-order valence-electron chi connectivity index (χ2n) is 4.74. The summed E-state index contributed by atoms with van der Waals surface area (Å²) in [7, 11) is 1.88. The Kier molecular flexibility index (Phi) is 2.43. The van der Waals surface area contributed by atoms with Crippen molar-refractivity contribution < 1.29 is 0 Å². The minimum Gasteiger partial charge on any atom is -0.383 e. The van der Waals surface area contributed by atoms with Crippen LogP contribution in [0.5, 0.6) is 0 Å². The number of hydrogen-bond acceptors (Lipinski definition) is 5. The average molecular weight is 244 g/mol. The Bertz CT molecular complexity index is 584. The number of hydrogen-bond donors (Lipinski definition) is 2. The summed E-state index contributed by atoms with van der Waals surface area (Å²) in [6.07, 6.45) is 5.98. The summed E-state index contributed by atoms with van der Waals surface area (Å²) in [5.41, 5.74) is 7.72. The van der Waals surface area contributed by atoms with E-state index in [9.17, 15) is 0 Å². The van der Waals surface area contributed by atoms with Gasteiger partial charge in [-0.2, -0.15) is 5.10 Å². The molecule has 2 aromatic rings. The van der Waals surface area contributed by atoms with E-state index in [0.717, 1.165) is 35.7 Å². The average Bonchev–Trinajstić information content (AvgIpc) is 3.10. The molecule has 0 saturated heterocycles. The largest absolute Gasteiger partial charge is 0.383 e. The zero-order valence-corrected chi connectivity index (χ0v) is 10.5. The molecule has 18 heavy (non-hydrogen) atoms. The highest BCUT2D eigenvalue weighted by Gasteiger charge is 2.27. The second-order valence-corrected chi connectivity index (χ2v) is 4.74. The smallest absolute Gasteiger partial charge is 0.139 e. The highest BCUT2D eigenvalue weighted by Crippen LogP contribution is 2.39. The molecule has 0 unspecified atom stereocenters. The van der Waals surface area contributed by atoms with Crippen LogP contribution >= 0.6 is 0 Å². The summed E-state index contributed by atoms with van der Waals surface area (Å²) in [6, 6.07) is 0. The summed E-state index contributed by atoms with van der Waals surface area (Å²) >= 11 is 0. The van der Waals surface area contributed by atoms with Gasteiger partial charge in [0.15, 0.2) is 0 Å². The molecule has 1 saturated carbocycles. The van der Waals surface area contributed by atoms with Gasteiger partial charge in [0.1, 0.15) is 17.5 Å². The van der Waals surface area contributed by atoms with E-state index in [1.54, 1.807) is 10.9 Å². The molecule has 3 rings (SSSR count). The number of nitrogens with one attached hydrogen (secondary N) is 1. The minimum atomic E-state index is 0.488. The van der Waals surface area contributed by atoms with Crippen molar-refractivity contribution in [2.45, 2.75) is 25.7 Å². The lowest BCUT2D eigenvalue weighted by molar-refractivity contribution is 0.768. The first-order chi connectivity index (χ1) is 8.63. The second kappa shape index (κ2) is 3.97. The van der Waals surface area contributed by atoms with Crippen LogP contribution in [0.2, 0.25) is 0 Å². The van der Waals surface area contributed by atoms with E-state index in [1.807, 2.05) is 20.2 Å². The van der Waals surface area contributed by atoms with Crippen molar-refractivity contribution in [3.05, 3.63) is 23.8 Å². The lowest BCUT2D eigenvalue weighted by Crippen LogP contribution is -2.06. The molecule has 94 valence electrons. The summed E-state index contributed by atoms with van der Waals surface area (Å²) in [5.74, 6) is 2.67. The van der Waals surface area contributed by atoms with Gasteiger partial charge in [0.2, 0.25) is 0 Å². The first kappa shape index (κ1) is 11.0. The molecule has 1 aliphatic carbocycles. The summed E-state index contributed by atoms with van der Waals surface area (Å²) < 4.78 is 1.74. The van der Waals surface area contributed by atoms with Gasteiger partial charge in [-0.1, -0.05) is 0 Å². The zero-order chi connectivity index (χ0) is 12.7. The van der Waals surface area contributed by atoms with Crippen molar-refractivity contribution >= 4 is 17.3 Å². The van der Waals surface area contributed by atoms with Crippen LogP contribution in [-0.4, -0.2) is 19.7 Å². The predicted molar refractivity (Wildman–Crippen MR) is 69.6 cm³/mol. The van der Waals surface area contributed by atoms with Crippen LogP contribution < -0.4 is 11.1 Å². The number of nitrogens with zero attached hydrogens (tertiary/aromatic N) is 4. The number of rotatable bonds is 3. The third-order valence-corrected chi connectivity index (χ3v) is 3.11. The van der Waals surface area contributed by atoms with Gasteiger partial charge in [0.25, 0.3) is 0 Å². The fraction of sp³-hybridized carbons (Fsp3) is 0.417. The quantitative estimate of drug-likeness (QED) is 0.859. The first-order valence-electron chi connectivity index (χ1n) is 6.03. The normalized spacial score (nSPS) is 14.8. The monoisotopic (exact) mass is 244 g/mol. The van der Waals surface area contributed by atoms with Crippen molar-refractivity contribution in [2.75, 3.05) is 11.1 Å². The van der Waals surface area contributed by atoms with Gasteiger partial charge < -0.3 is 11.1 Å². The van der Waals surface area contributed by atoms with Crippen molar-refractivity contribution in [3.8, 4) is 0 Å². The number of anilines is 3. The van der Waals surface area contributed by atoms with Gasteiger partial charge in [0.05, 0.1) is 11.9 Å². The molecule has 6 nitrogen and oxygen atoms in total. The molecule has 6 heteroatoms. The molecule has 2 heterocycles. The number of aromatic nitrogens is 4. The van der Waals surface area contributed by atoms with Gasteiger partial charge in [-0.05, 0) is 19.8 Å². The van der Waals surface area contributed by atoms with Gasteiger partial charge >= 0.3 is 0 Å². The molecule has 3 N–H and O–H groups in total. The molecular weight excluding hydrogens is 228 g/mol. The Labute approximate surface area is 105 Å². The van der Waals surface area contributed by atoms with Gasteiger partial charge in [-0.3, -0.25) is 4.68 Å². The van der Waals surface area contributed by atoms with E-state index in [1.165, 1.54) is 0 Å². The Morgan fingerprint density at radius 1 is 1.39 bits per heavy atom. The van der Waals surface area contributed by atoms with Crippen LogP contribution in [0, 0.1) is 6.92 Å². The molecule has 0 bridgehead atoms. The Morgan fingerprint density at radius 3 is 2.78 bits per heavy atom. The summed E-state index contributed by atoms with van der Waals surface area (Å²) in [5, 5.41) is 7.36. The Balaban J connectivity index is 1.94. The maximum Gasteiger partial charge on any atom is 0.139 e. The minimum absolute atomic E-state index is 0.488. The fourth-order valence-corrected chi connectivity index (χ4v) is 1.82. The van der Waals surface area contributed by atoms with Gasteiger partial charge in [-0.25, -0.2) is 9.97 Å². The topological polar surface area (TPSA) is 81.7 Å². The van der Waals surface area contributed by atoms with E-state index in [-0.39, 0.29) is 0 Å². The van der Waals surface area contributed by atoms with Crippen molar-refractivity contribution in [3.63, 3.8) is 0 Å². The molecule has 0 atom stereocenters. The highest BCUT2D eigenvalue weighted by atomic mass is 15.3. The van der Waals surface area contributed by atoms with Crippen molar-refractivity contribution in [2.24, 2.45) is 7.05 Å². The molecule has 0 aromatic carbocycles. The third-order valence-electron chi connectivity index (χ3n) is 3.11. The Hall–Kier alpha value is -2.11. The van der Waals surface area contributed by atoms with Crippen molar-refractivity contribution in [1.82, 2.24) is 19.7 Å². The lowest BCUT2D eigenvalue weighted by atomic mass is 10.3. The third kappa shape index (κ3) is 2.01. The highest BCUT2D eigenvalue weighted by molar-refractivity contribution is 5.62. The molecule has 1 aliphatic rings. The molecular formula is C12H16N6. The maximum absolute atomic E-state index is 5.93. The van der Waals surface area contributed by atoms with E-state index >= 15 is 0 Å². The number of nitrogens with two attached hydrogens (primary N) is 1. The fourth-order valence-electron chi connectivity index (χ4n) is 1.82. The maximum atomic E-state index is 5.93. The molecule has 0 amide bonds. The number of aryl methyl sites for hydroxylation is 1. The number of nitrogen functional groups attached to an aromatic ring is 1. The SMILES string of the molecule is Cc1c(N)nc(C2CC2)nc1Nc1cnn(C)c1. The van der Waals surface area contributed by atoms with E-state index in [0.29, 0.717) is 11.7 Å². The molecule has 0 spiro atoms. The van der Waals surface area contributed by atoms with Crippen LogP contribution in [-0.2, 0) is 7.05 Å². The molecule has 0 radical (unpaired) electrons. The molecule has 2 aromatic heterocycles. The molecule has 0 aliphatic heterocycles. The van der Waals surface area contributed by atoms with E-state index in [2.05, 4.69) is 20.4 Å². The zero-order valence-electron chi connectivity index (χ0n) is 10.5. The standard InChI is InChI=1S/C12H16N6/c1-7-10(13)16-12(8-3-4-8)17-11(7)15-9-5-14-18(2)6-9/h5-6,8H,3-4H2,1-2H3,(H3,13,15,16,17). The Morgan fingerprint density at radius 2 is 2.17 bits per heavy atom. The van der Waals surface area contributed by atoms with E-state index < -0.39 is 0 Å². The van der Waals surface area contributed by atoms with Crippen LogP contribution in [0.1, 0.15) is 30.1 Å². The van der Waals surface area contributed by atoms with E-state index in [4.69, 9.17) is 5.73 Å². The van der Waals surface area contributed by atoms with Gasteiger partial charge in [-0.15, -0.1) is 0 Å². The summed E-state index contributed by atoms with van der Waals surface area (Å²) in [6.45, 7) is 1.92. The first-order valence-corrected chi connectivity index (χ1v) is 6.03. The van der Waals surface area contributed by atoms with Gasteiger partial charge in [0, 0.05) is 24.7 Å². The van der Waals surface area contributed by atoms with Crippen LogP contribution in [0.25, 0.3) is 0 Å².